The van der Waals surface area contributed by atoms with E-state index in [2.05, 4.69) is 5.32 Å². The van der Waals surface area contributed by atoms with Crippen molar-refractivity contribution in [3.63, 3.8) is 0 Å². The summed E-state index contributed by atoms with van der Waals surface area (Å²) in [6.45, 7) is 1.27. The van der Waals surface area contributed by atoms with Crippen LogP contribution in [-0.4, -0.2) is 32.9 Å². The Bertz CT molecular complexity index is 1210. The molecule has 0 aliphatic heterocycles. The van der Waals surface area contributed by atoms with Crippen LogP contribution in [0.1, 0.15) is 18.5 Å². The Kier molecular flexibility index (Phi) is 7.29. The second kappa shape index (κ2) is 10.1. The van der Waals surface area contributed by atoms with E-state index < -0.39 is 27.4 Å². The van der Waals surface area contributed by atoms with Crippen LogP contribution in [0.3, 0.4) is 0 Å². The SMILES string of the molecule is COc1ccc([C@@H](C)NC(=O)CN(c2ccc([N+](=O)[O-])cc2)S(=O)(=O)c2ccccc2)cc1. The highest BCUT2D eigenvalue weighted by atomic mass is 32.2. The maximum absolute atomic E-state index is 13.3. The van der Waals surface area contributed by atoms with Gasteiger partial charge in [0, 0.05) is 12.1 Å². The van der Waals surface area contributed by atoms with Crippen LogP contribution in [0.5, 0.6) is 5.75 Å². The second-order valence-electron chi connectivity index (χ2n) is 7.16. The van der Waals surface area contributed by atoms with Gasteiger partial charge in [-0.3, -0.25) is 19.2 Å². The van der Waals surface area contributed by atoms with Crippen molar-refractivity contribution in [3.8, 4) is 5.75 Å². The Labute approximate surface area is 191 Å². The number of amides is 1. The maximum atomic E-state index is 13.3. The van der Waals surface area contributed by atoms with Gasteiger partial charge in [-0.25, -0.2) is 8.42 Å². The highest BCUT2D eigenvalue weighted by Crippen LogP contribution is 2.26. The molecule has 0 spiro atoms. The van der Waals surface area contributed by atoms with E-state index in [0.717, 1.165) is 9.87 Å². The zero-order valence-corrected chi connectivity index (χ0v) is 18.9. The molecule has 1 N–H and O–H groups in total. The molecule has 0 aromatic heterocycles. The minimum atomic E-state index is -4.11. The number of methoxy groups -OCH3 is 1. The molecule has 33 heavy (non-hydrogen) atoms. The molecule has 3 rings (SSSR count). The highest BCUT2D eigenvalue weighted by molar-refractivity contribution is 7.92. The molecule has 0 saturated heterocycles. The van der Waals surface area contributed by atoms with E-state index in [1.165, 1.54) is 36.4 Å². The van der Waals surface area contributed by atoms with Crippen molar-refractivity contribution >= 4 is 27.3 Å². The van der Waals surface area contributed by atoms with Crippen molar-refractivity contribution in [1.29, 1.82) is 0 Å². The maximum Gasteiger partial charge on any atom is 0.269 e. The fourth-order valence-corrected chi connectivity index (χ4v) is 4.61. The summed E-state index contributed by atoms with van der Waals surface area (Å²) in [5.41, 5.74) is 0.766. The number of sulfonamides is 1. The molecule has 0 aliphatic rings. The topological polar surface area (TPSA) is 119 Å². The molecule has 1 amide bonds. The summed E-state index contributed by atoms with van der Waals surface area (Å²) in [6.07, 6.45) is 0. The first-order chi connectivity index (χ1) is 15.7. The molecule has 0 aliphatic carbocycles. The Balaban J connectivity index is 1.87. The first kappa shape index (κ1) is 23.7. The smallest absolute Gasteiger partial charge is 0.269 e. The number of benzene rings is 3. The lowest BCUT2D eigenvalue weighted by atomic mass is 10.1. The zero-order valence-electron chi connectivity index (χ0n) is 18.0. The van der Waals surface area contributed by atoms with Crippen molar-refractivity contribution in [3.05, 3.63) is 94.5 Å². The fourth-order valence-electron chi connectivity index (χ4n) is 3.17. The number of ether oxygens (including phenoxy) is 1. The van der Waals surface area contributed by atoms with E-state index >= 15 is 0 Å². The van der Waals surface area contributed by atoms with Crippen LogP contribution in [0.25, 0.3) is 0 Å². The van der Waals surface area contributed by atoms with E-state index in [1.54, 1.807) is 56.5 Å². The van der Waals surface area contributed by atoms with Crippen LogP contribution < -0.4 is 14.4 Å². The first-order valence-electron chi connectivity index (χ1n) is 9.98. The van der Waals surface area contributed by atoms with E-state index in [-0.39, 0.29) is 22.3 Å². The Hall–Kier alpha value is -3.92. The number of hydrogen-bond donors (Lipinski definition) is 1. The lowest BCUT2D eigenvalue weighted by Gasteiger charge is -2.25. The molecule has 3 aromatic carbocycles. The van der Waals surface area contributed by atoms with Gasteiger partial charge in [0.15, 0.2) is 0 Å². The molecule has 0 heterocycles. The summed E-state index contributed by atoms with van der Waals surface area (Å²) in [4.78, 5) is 23.2. The Morgan fingerprint density at radius 3 is 2.18 bits per heavy atom. The number of carbonyl (C=O) groups is 1. The third kappa shape index (κ3) is 5.66. The minimum Gasteiger partial charge on any atom is -0.497 e. The predicted octanol–water partition coefficient (Wildman–Crippen LogP) is 3.68. The molecular weight excluding hydrogens is 446 g/mol. The molecule has 0 unspecified atom stereocenters. The zero-order chi connectivity index (χ0) is 24.0. The lowest BCUT2D eigenvalue weighted by molar-refractivity contribution is -0.384. The van der Waals surface area contributed by atoms with Gasteiger partial charge in [-0.2, -0.15) is 0 Å². The number of nitro groups is 1. The average Bonchev–Trinajstić information content (AvgIpc) is 2.83. The lowest BCUT2D eigenvalue weighted by Crippen LogP contribution is -2.41. The molecular formula is C23H23N3O6S. The molecule has 172 valence electrons. The van der Waals surface area contributed by atoms with Gasteiger partial charge in [0.2, 0.25) is 5.91 Å². The van der Waals surface area contributed by atoms with Crippen LogP contribution >= 0.6 is 0 Å². The number of anilines is 1. The molecule has 0 fully saturated rings. The van der Waals surface area contributed by atoms with Crippen LogP contribution in [0.4, 0.5) is 11.4 Å². The van der Waals surface area contributed by atoms with Gasteiger partial charge in [0.05, 0.1) is 28.7 Å². The van der Waals surface area contributed by atoms with Crippen molar-refractivity contribution in [2.45, 2.75) is 17.9 Å². The van der Waals surface area contributed by atoms with Crippen LogP contribution in [0, 0.1) is 10.1 Å². The van der Waals surface area contributed by atoms with Crippen molar-refractivity contribution < 1.29 is 22.9 Å². The predicted molar refractivity (Wildman–Crippen MR) is 124 cm³/mol. The average molecular weight is 470 g/mol. The first-order valence-corrected chi connectivity index (χ1v) is 11.4. The standard InChI is InChI=1S/C23H23N3O6S/c1-17(18-8-14-21(32-2)15-9-18)24-23(27)16-25(19-10-12-20(13-11-19)26(28)29)33(30,31)22-6-4-3-5-7-22/h3-15,17H,16H2,1-2H3,(H,24,27)/t17-/m1/s1. The Morgan fingerprint density at radius 1 is 1.03 bits per heavy atom. The van der Waals surface area contributed by atoms with Crippen molar-refractivity contribution in [2.24, 2.45) is 0 Å². The summed E-state index contributed by atoms with van der Waals surface area (Å²) < 4.78 is 32.7. The van der Waals surface area contributed by atoms with Gasteiger partial charge in [-0.1, -0.05) is 30.3 Å². The van der Waals surface area contributed by atoms with E-state index in [1.807, 2.05) is 0 Å². The van der Waals surface area contributed by atoms with Crippen LogP contribution in [0.2, 0.25) is 0 Å². The summed E-state index contributed by atoms with van der Waals surface area (Å²) in [5, 5.41) is 13.8. The number of carbonyl (C=O) groups excluding carboxylic acids is 1. The Morgan fingerprint density at radius 2 is 1.64 bits per heavy atom. The largest absolute Gasteiger partial charge is 0.497 e. The molecule has 0 saturated carbocycles. The normalized spacial score (nSPS) is 11.9. The van der Waals surface area contributed by atoms with E-state index in [0.29, 0.717) is 5.75 Å². The molecule has 1 atom stereocenters. The van der Waals surface area contributed by atoms with Gasteiger partial charge in [0.1, 0.15) is 12.3 Å². The van der Waals surface area contributed by atoms with Gasteiger partial charge in [0.25, 0.3) is 15.7 Å². The van der Waals surface area contributed by atoms with Gasteiger partial charge >= 0.3 is 0 Å². The molecule has 9 nitrogen and oxygen atoms in total. The summed E-state index contributed by atoms with van der Waals surface area (Å²) in [7, 11) is -2.55. The third-order valence-electron chi connectivity index (χ3n) is 4.96. The number of nitrogens with zero attached hydrogens (tertiary/aromatic N) is 2. The van der Waals surface area contributed by atoms with Gasteiger partial charge in [-0.15, -0.1) is 0 Å². The monoisotopic (exact) mass is 469 g/mol. The molecule has 0 bridgehead atoms. The highest BCUT2D eigenvalue weighted by Gasteiger charge is 2.28. The summed E-state index contributed by atoms with van der Waals surface area (Å²) in [5.74, 6) is 0.145. The second-order valence-corrected chi connectivity index (χ2v) is 9.02. The van der Waals surface area contributed by atoms with Crippen LogP contribution in [0.15, 0.2) is 83.8 Å². The van der Waals surface area contributed by atoms with Gasteiger partial charge < -0.3 is 10.1 Å². The summed E-state index contributed by atoms with van der Waals surface area (Å²) >= 11 is 0. The van der Waals surface area contributed by atoms with Crippen LogP contribution in [-0.2, 0) is 14.8 Å². The number of nitro benzene ring substituents is 1. The fraction of sp³-hybridized carbons (Fsp3) is 0.174. The number of non-ortho nitro benzene ring substituents is 1. The molecule has 0 radical (unpaired) electrons. The number of hydrogen-bond acceptors (Lipinski definition) is 6. The quantitative estimate of drug-likeness (QED) is 0.377. The number of rotatable bonds is 9. The van der Waals surface area contributed by atoms with Gasteiger partial charge in [-0.05, 0) is 48.9 Å². The summed E-state index contributed by atoms with van der Waals surface area (Å²) in [6, 6.07) is 19.4. The van der Waals surface area contributed by atoms with Crippen molar-refractivity contribution in [1.82, 2.24) is 5.32 Å². The minimum absolute atomic E-state index is 0.000597. The van der Waals surface area contributed by atoms with E-state index in [4.69, 9.17) is 4.74 Å². The van der Waals surface area contributed by atoms with Crippen molar-refractivity contribution in [2.75, 3.05) is 18.0 Å². The molecule has 3 aromatic rings. The third-order valence-corrected chi connectivity index (χ3v) is 6.75. The molecule has 10 heteroatoms. The van der Waals surface area contributed by atoms with E-state index in [9.17, 15) is 23.3 Å². The number of nitrogens with one attached hydrogen (secondary N) is 1.